The van der Waals surface area contributed by atoms with Gasteiger partial charge in [0, 0.05) is 6.07 Å². The molecule has 0 radical (unpaired) electrons. The maximum Gasteiger partial charge on any atom is 0.292 e. The van der Waals surface area contributed by atoms with Crippen molar-refractivity contribution in [1.29, 1.82) is 0 Å². The largest absolute Gasteiger partial charge is 0.493 e. The molecular formula is C21H24N3O6+. The number of methoxy groups -OCH3 is 2. The number of imide groups is 1. The smallest absolute Gasteiger partial charge is 0.292 e. The zero-order valence-corrected chi connectivity index (χ0v) is 16.9. The summed E-state index contributed by atoms with van der Waals surface area (Å²) in [5.41, 5.74) is 0.469. The minimum absolute atomic E-state index is 0.147. The van der Waals surface area contributed by atoms with Gasteiger partial charge in [-0.25, -0.2) is 4.90 Å². The molecule has 2 fully saturated rings. The Morgan fingerprint density at radius 1 is 1.10 bits per heavy atom. The van der Waals surface area contributed by atoms with Crippen molar-refractivity contribution in [2.24, 2.45) is 0 Å². The van der Waals surface area contributed by atoms with Gasteiger partial charge in [-0.1, -0.05) is 0 Å². The Morgan fingerprint density at radius 3 is 2.47 bits per heavy atom. The topological polar surface area (TPSA) is 93.7 Å². The molecule has 0 aliphatic carbocycles. The van der Waals surface area contributed by atoms with E-state index in [4.69, 9.17) is 13.9 Å². The average molecular weight is 414 g/mol. The van der Waals surface area contributed by atoms with Crippen molar-refractivity contribution in [3.8, 4) is 11.5 Å². The molecule has 158 valence electrons. The van der Waals surface area contributed by atoms with E-state index in [9.17, 15) is 14.4 Å². The monoisotopic (exact) mass is 414 g/mol. The fourth-order valence-electron chi connectivity index (χ4n) is 4.09. The number of hydrogen-bond donors (Lipinski definition) is 1. The van der Waals surface area contributed by atoms with Crippen molar-refractivity contribution < 1.29 is 33.2 Å². The van der Waals surface area contributed by atoms with E-state index in [1.54, 1.807) is 35.2 Å². The summed E-state index contributed by atoms with van der Waals surface area (Å²) < 4.78 is 15.7. The summed E-state index contributed by atoms with van der Waals surface area (Å²) in [7, 11) is 3.03. The Hall–Kier alpha value is -3.33. The number of benzene rings is 1. The van der Waals surface area contributed by atoms with Gasteiger partial charge in [-0.3, -0.25) is 14.4 Å². The number of nitrogens with zero attached hydrogens (tertiary/aromatic N) is 2. The predicted molar refractivity (Wildman–Crippen MR) is 106 cm³/mol. The molecule has 0 saturated carbocycles. The van der Waals surface area contributed by atoms with Gasteiger partial charge >= 0.3 is 0 Å². The fraction of sp³-hybridized carbons (Fsp3) is 0.381. The van der Waals surface area contributed by atoms with Gasteiger partial charge in [0.05, 0.1) is 58.8 Å². The molecule has 9 nitrogen and oxygen atoms in total. The van der Waals surface area contributed by atoms with Gasteiger partial charge in [-0.15, -0.1) is 0 Å². The Bertz CT molecular complexity index is 950. The first-order valence-electron chi connectivity index (χ1n) is 9.79. The van der Waals surface area contributed by atoms with Crippen LogP contribution in [-0.2, 0) is 9.59 Å². The van der Waals surface area contributed by atoms with Gasteiger partial charge in [-0.05, 0) is 24.3 Å². The van der Waals surface area contributed by atoms with Crippen molar-refractivity contribution in [2.45, 2.75) is 12.5 Å². The molecule has 4 rings (SSSR count). The first-order valence-corrected chi connectivity index (χ1v) is 9.79. The molecule has 9 heteroatoms. The zero-order chi connectivity index (χ0) is 21.3. The van der Waals surface area contributed by atoms with E-state index in [1.807, 2.05) is 0 Å². The molecule has 1 aromatic carbocycles. The summed E-state index contributed by atoms with van der Waals surface area (Å²) in [5.74, 6) is 0.674. The van der Waals surface area contributed by atoms with Crippen molar-refractivity contribution in [1.82, 2.24) is 4.90 Å². The molecule has 0 bridgehead atoms. The van der Waals surface area contributed by atoms with Crippen LogP contribution in [0.4, 0.5) is 5.69 Å². The van der Waals surface area contributed by atoms with E-state index >= 15 is 0 Å². The summed E-state index contributed by atoms with van der Waals surface area (Å²) in [5, 5.41) is 0. The highest BCUT2D eigenvalue weighted by atomic mass is 16.5. The van der Waals surface area contributed by atoms with Gasteiger partial charge in [0.15, 0.2) is 23.3 Å². The SMILES string of the molecule is COc1ccc(N2C(=O)C[C@@H]([NH+]3CCN(C(=O)c4ccco4)CC3)C2=O)cc1OC. The standard InChI is InChI=1S/C21H23N3O6/c1-28-16-6-5-14(12-18(16)29-2)24-19(25)13-15(20(24)26)22-7-9-23(10-8-22)21(27)17-4-3-11-30-17/h3-6,11-12,15H,7-10,13H2,1-2H3/p+1/t15-/m1/s1. The lowest BCUT2D eigenvalue weighted by molar-refractivity contribution is -0.918. The lowest BCUT2D eigenvalue weighted by Gasteiger charge is -2.34. The van der Waals surface area contributed by atoms with Gasteiger partial charge in [-0.2, -0.15) is 0 Å². The second-order valence-electron chi connectivity index (χ2n) is 7.29. The summed E-state index contributed by atoms with van der Waals surface area (Å²) in [6.07, 6.45) is 1.62. The normalized spacial score (nSPS) is 20.0. The molecule has 3 heterocycles. The second kappa shape index (κ2) is 8.19. The highest BCUT2D eigenvalue weighted by Gasteiger charge is 2.47. The van der Waals surface area contributed by atoms with Gasteiger partial charge in [0.25, 0.3) is 11.8 Å². The first-order chi connectivity index (χ1) is 14.5. The minimum Gasteiger partial charge on any atom is -0.493 e. The van der Waals surface area contributed by atoms with Crippen LogP contribution in [0.2, 0.25) is 0 Å². The summed E-state index contributed by atoms with van der Waals surface area (Å²) >= 11 is 0. The van der Waals surface area contributed by atoms with E-state index in [1.165, 1.54) is 25.4 Å². The minimum atomic E-state index is -0.452. The lowest BCUT2D eigenvalue weighted by atomic mass is 10.1. The van der Waals surface area contributed by atoms with Crippen LogP contribution in [0, 0.1) is 0 Å². The third kappa shape index (κ3) is 3.52. The molecule has 2 aromatic rings. The molecule has 3 amide bonds. The molecule has 1 atom stereocenters. The van der Waals surface area contributed by atoms with Crippen LogP contribution in [0.3, 0.4) is 0 Å². The van der Waals surface area contributed by atoms with Crippen molar-refractivity contribution in [2.75, 3.05) is 45.3 Å². The maximum atomic E-state index is 13.1. The molecule has 2 aliphatic heterocycles. The highest BCUT2D eigenvalue weighted by molar-refractivity contribution is 6.22. The number of anilines is 1. The van der Waals surface area contributed by atoms with E-state index in [0.717, 1.165) is 4.90 Å². The van der Waals surface area contributed by atoms with Crippen LogP contribution in [0.15, 0.2) is 41.0 Å². The summed E-state index contributed by atoms with van der Waals surface area (Å²) in [6, 6.07) is 7.85. The number of piperazine rings is 1. The maximum absolute atomic E-state index is 13.1. The lowest BCUT2D eigenvalue weighted by Crippen LogP contribution is -3.19. The Morgan fingerprint density at radius 2 is 1.83 bits per heavy atom. The van der Waals surface area contributed by atoms with Crippen LogP contribution < -0.4 is 19.3 Å². The van der Waals surface area contributed by atoms with Crippen LogP contribution in [0.25, 0.3) is 0 Å². The summed E-state index contributed by atoms with van der Waals surface area (Å²) in [4.78, 5) is 42.1. The van der Waals surface area contributed by atoms with Gasteiger partial charge < -0.3 is 23.7 Å². The number of amides is 3. The highest BCUT2D eigenvalue weighted by Crippen LogP contribution is 2.33. The number of rotatable bonds is 5. The zero-order valence-electron chi connectivity index (χ0n) is 16.9. The summed E-state index contributed by atoms with van der Waals surface area (Å²) in [6.45, 7) is 2.19. The fourth-order valence-corrected chi connectivity index (χ4v) is 4.09. The molecular weight excluding hydrogens is 390 g/mol. The second-order valence-corrected chi connectivity index (χ2v) is 7.29. The Balaban J connectivity index is 1.44. The van der Waals surface area contributed by atoms with E-state index < -0.39 is 6.04 Å². The quantitative estimate of drug-likeness (QED) is 0.691. The van der Waals surface area contributed by atoms with Crippen LogP contribution in [0.5, 0.6) is 11.5 Å². The Kier molecular flexibility index (Phi) is 5.45. The van der Waals surface area contributed by atoms with Crippen molar-refractivity contribution >= 4 is 23.4 Å². The number of quaternary nitrogens is 1. The van der Waals surface area contributed by atoms with Crippen LogP contribution >= 0.6 is 0 Å². The number of furan rings is 1. The van der Waals surface area contributed by atoms with E-state index in [2.05, 4.69) is 0 Å². The first kappa shape index (κ1) is 20.0. The number of nitrogens with one attached hydrogen (secondary N) is 1. The van der Waals surface area contributed by atoms with Gasteiger partial charge in [0.1, 0.15) is 0 Å². The molecule has 1 N–H and O–H groups in total. The third-order valence-electron chi connectivity index (χ3n) is 5.69. The molecule has 1 aromatic heterocycles. The van der Waals surface area contributed by atoms with E-state index in [-0.39, 0.29) is 24.1 Å². The van der Waals surface area contributed by atoms with Crippen LogP contribution in [0.1, 0.15) is 17.0 Å². The van der Waals surface area contributed by atoms with Crippen molar-refractivity contribution in [3.63, 3.8) is 0 Å². The molecule has 2 aliphatic rings. The molecule has 0 spiro atoms. The molecule has 0 unspecified atom stereocenters. The van der Waals surface area contributed by atoms with Crippen LogP contribution in [-0.4, -0.2) is 69.1 Å². The number of hydrogen-bond acceptors (Lipinski definition) is 6. The molecule has 30 heavy (non-hydrogen) atoms. The number of ether oxygens (including phenoxy) is 2. The molecule has 2 saturated heterocycles. The van der Waals surface area contributed by atoms with E-state index in [0.29, 0.717) is 49.1 Å². The number of carbonyl (C=O) groups is 3. The predicted octanol–water partition coefficient (Wildman–Crippen LogP) is -0.0304. The Labute approximate surface area is 173 Å². The average Bonchev–Trinajstić information content (AvgIpc) is 3.41. The van der Waals surface area contributed by atoms with Crippen molar-refractivity contribution in [3.05, 3.63) is 42.4 Å². The van der Waals surface area contributed by atoms with Gasteiger partial charge in [0.2, 0.25) is 5.91 Å². The number of carbonyl (C=O) groups excluding carboxylic acids is 3. The third-order valence-corrected chi connectivity index (χ3v) is 5.69.